The topological polar surface area (TPSA) is 41.4 Å². The van der Waals surface area contributed by atoms with Gasteiger partial charge in [0.15, 0.2) is 0 Å². The highest BCUT2D eigenvalue weighted by Crippen LogP contribution is 2.33. The molecule has 0 aliphatic carbocycles. The number of hydrogen-bond acceptors (Lipinski definition) is 4. The van der Waals surface area contributed by atoms with Crippen LogP contribution in [0.2, 0.25) is 0 Å². The molecule has 34 heavy (non-hydrogen) atoms. The fraction of sp³-hybridized carbons (Fsp3) is 0.414. The molecule has 1 unspecified atom stereocenters. The first-order valence-corrected chi connectivity index (χ1v) is 12.7. The van der Waals surface area contributed by atoms with Crippen molar-refractivity contribution in [2.75, 3.05) is 18.0 Å². The lowest BCUT2D eigenvalue weighted by Crippen LogP contribution is -2.27. The molecule has 3 aromatic rings. The number of aliphatic imine (C=N–C) groups is 1. The number of halogens is 1. The molecule has 5 heteroatoms. The van der Waals surface area contributed by atoms with Crippen LogP contribution in [-0.4, -0.2) is 28.8 Å². The summed E-state index contributed by atoms with van der Waals surface area (Å²) in [5.74, 6) is 0.646. The number of nitrogens with zero attached hydrogens (tertiary/aromatic N) is 4. The van der Waals surface area contributed by atoms with Crippen molar-refractivity contribution in [2.24, 2.45) is 4.99 Å². The summed E-state index contributed by atoms with van der Waals surface area (Å²) in [6.07, 6.45) is 9.76. The average molecular weight is 459 g/mol. The van der Waals surface area contributed by atoms with Gasteiger partial charge in [-0.2, -0.15) is 0 Å². The molecule has 0 amide bonds. The van der Waals surface area contributed by atoms with Crippen LogP contribution in [-0.2, 0) is 6.42 Å². The molecule has 2 heterocycles. The smallest absolute Gasteiger partial charge is 0.225 e. The molecule has 0 saturated heterocycles. The molecule has 1 aliphatic rings. The summed E-state index contributed by atoms with van der Waals surface area (Å²) in [5.41, 5.74) is 5.90. The van der Waals surface area contributed by atoms with E-state index in [1.54, 1.807) is 6.07 Å². The maximum atomic E-state index is 14.5. The van der Waals surface area contributed by atoms with Crippen LogP contribution in [0.3, 0.4) is 0 Å². The van der Waals surface area contributed by atoms with Gasteiger partial charge in [0, 0.05) is 42.3 Å². The Bertz CT molecular complexity index is 1110. The van der Waals surface area contributed by atoms with Gasteiger partial charge in [0.1, 0.15) is 5.82 Å². The standard InChI is InChI=1S/C29H35FN4/c1-4-7-18-34(17-5-2)29-31-19-24(20-32-29)22-11-13-23(14-12-22)26-15-16-27(33-26)28-21(6-3)9-8-10-25(28)30/h8-14,19-20,26H,4-7,15-18H2,1-3H3. The van der Waals surface area contributed by atoms with Crippen LogP contribution >= 0.6 is 0 Å². The Morgan fingerprint density at radius 2 is 1.68 bits per heavy atom. The zero-order valence-corrected chi connectivity index (χ0v) is 20.6. The van der Waals surface area contributed by atoms with Crippen LogP contribution in [0.5, 0.6) is 0 Å². The van der Waals surface area contributed by atoms with Gasteiger partial charge in [0.05, 0.1) is 6.04 Å². The average Bonchev–Trinajstić information content (AvgIpc) is 3.36. The van der Waals surface area contributed by atoms with E-state index in [1.807, 2.05) is 18.5 Å². The minimum Gasteiger partial charge on any atom is -0.341 e. The molecule has 0 bridgehead atoms. The van der Waals surface area contributed by atoms with Crippen LogP contribution < -0.4 is 4.90 Å². The zero-order valence-electron chi connectivity index (χ0n) is 20.6. The van der Waals surface area contributed by atoms with Crippen molar-refractivity contribution in [3.8, 4) is 11.1 Å². The first-order chi connectivity index (χ1) is 16.6. The van der Waals surface area contributed by atoms with Gasteiger partial charge in [0.2, 0.25) is 5.95 Å². The van der Waals surface area contributed by atoms with Crippen molar-refractivity contribution in [3.63, 3.8) is 0 Å². The molecule has 0 fully saturated rings. The van der Waals surface area contributed by atoms with E-state index in [1.165, 1.54) is 11.6 Å². The van der Waals surface area contributed by atoms with E-state index in [0.717, 1.165) is 80.0 Å². The molecule has 1 aromatic heterocycles. The van der Waals surface area contributed by atoms with Gasteiger partial charge in [-0.1, -0.05) is 63.6 Å². The monoisotopic (exact) mass is 458 g/mol. The quantitative estimate of drug-likeness (QED) is 0.323. The van der Waals surface area contributed by atoms with Gasteiger partial charge in [-0.05, 0) is 54.9 Å². The Labute approximate surface area is 203 Å². The second-order valence-electron chi connectivity index (χ2n) is 8.99. The minimum absolute atomic E-state index is 0.0770. The van der Waals surface area contributed by atoms with Crippen LogP contribution in [0.15, 0.2) is 59.9 Å². The number of benzene rings is 2. The number of anilines is 1. The van der Waals surface area contributed by atoms with E-state index < -0.39 is 0 Å². The SMILES string of the molecule is CCCCN(CCC)c1ncc(-c2ccc(C3CCC(c4c(F)cccc4CC)=N3)cc2)cn1. The zero-order chi connectivity index (χ0) is 23.9. The Morgan fingerprint density at radius 3 is 2.35 bits per heavy atom. The molecular formula is C29H35FN4. The Hall–Kier alpha value is -3.08. The normalized spacial score (nSPS) is 15.4. The molecule has 1 atom stereocenters. The third-order valence-corrected chi connectivity index (χ3v) is 6.56. The second-order valence-corrected chi connectivity index (χ2v) is 8.99. The van der Waals surface area contributed by atoms with Crippen molar-refractivity contribution in [1.29, 1.82) is 0 Å². The van der Waals surface area contributed by atoms with Gasteiger partial charge in [-0.25, -0.2) is 14.4 Å². The molecule has 4 nitrogen and oxygen atoms in total. The highest BCUT2D eigenvalue weighted by molar-refractivity contribution is 6.03. The first-order valence-electron chi connectivity index (χ1n) is 12.7. The molecule has 1 aliphatic heterocycles. The summed E-state index contributed by atoms with van der Waals surface area (Å²) in [6.45, 7) is 8.43. The van der Waals surface area contributed by atoms with Crippen LogP contribution in [0.25, 0.3) is 11.1 Å². The van der Waals surface area contributed by atoms with E-state index in [-0.39, 0.29) is 11.9 Å². The van der Waals surface area contributed by atoms with Crippen molar-refractivity contribution < 1.29 is 4.39 Å². The summed E-state index contributed by atoms with van der Waals surface area (Å²) >= 11 is 0. The molecule has 0 N–H and O–H groups in total. The molecule has 4 rings (SSSR count). The molecule has 0 spiro atoms. The predicted molar refractivity (Wildman–Crippen MR) is 139 cm³/mol. The van der Waals surface area contributed by atoms with Gasteiger partial charge in [-0.15, -0.1) is 0 Å². The van der Waals surface area contributed by atoms with Gasteiger partial charge in [0.25, 0.3) is 0 Å². The number of aromatic nitrogens is 2. The summed E-state index contributed by atoms with van der Waals surface area (Å²) in [6, 6.07) is 13.9. The lowest BCUT2D eigenvalue weighted by atomic mass is 9.97. The summed E-state index contributed by atoms with van der Waals surface area (Å²) in [5, 5.41) is 0. The number of rotatable bonds is 10. The largest absolute Gasteiger partial charge is 0.341 e. The van der Waals surface area contributed by atoms with Crippen molar-refractivity contribution in [1.82, 2.24) is 9.97 Å². The van der Waals surface area contributed by atoms with Crippen LogP contribution in [0.4, 0.5) is 10.3 Å². The summed E-state index contributed by atoms with van der Waals surface area (Å²) in [4.78, 5) is 16.5. The molecule has 0 saturated carbocycles. The van der Waals surface area contributed by atoms with E-state index in [9.17, 15) is 4.39 Å². The summed E-state index contributed by atoms with van der Waals surface area (Å²) < 4.78 is 14.5. The lowest BCUT2D eigenvalue weighted by molar-refractivity contribution is 0.622. The van der Waals surface area contributed by atoms with Gasteiger partial charge in [-0.3, -0.25) is 4.99 Å². The highest BCUT2D eigenvalue weighted by Gasteiger charge is 2.23. The predicted octanol–water partition coefficient (Wildman–Crippen LogP) is 7.19. The first kappa shape index (κ1) is 24.1. The summed E-state index contributed by atoms with van der Waals surface area (Å²) in [7, 11) is 0. The van der Waals surface area contributed by atoms with Gasteiger partial charge >= 0.3 is 0 Å². The number of unbranched alkanes of at least 4 members (excludes halogenated alkanes) is 1. The fourth-order valence-electron chi connectivity index (χ4n) is 4.67. The maximum absolute atomic E-state index is 14.5. The van der Waals surface area contributed by atoms with E-state index in [2.05, 4.69) is 59.9 Å². The van der Waals surface area contributed by atoms with E-state index >= 15 is 0 Å². The van der Waals surface area contributed by atoms with E-state index in [4.69, 9.17) is 4.99 Å². The van der Waals surface area contributed by atoms with Gasteiger partial charge < -0.3 is 4.90 Å². The fourth-order valence-corrected chi connectivity index (χ4v) is 4.67. The minimum atomic E-state index is -0.162. The number of aryl methyl sites for hydroxylation is 1. The van der Waals surface area contributed by atoms with E-state index in [0.29, 0.717) is 5.56 Å². The molecular weight excluding hydrogens is 423 g/mol. The third kappa shape index (κ3) is 5.35. The molecule has 2 aromatic carbocycles. The Kier molecular flexibility index (Phi) is 8.04. The highest BCUT2D eigenvalue weighted by atomic mass is 19.1. The molecule has 0 radical (unpaired) electrons. The van der Waals surface area contributed by atoms with Crippen LogP contribution in [0, 0.1) is 5.82 Å². The van der Waals surface area contributed by atoms with Crippen molar-refractivity contribution >= 4 is 11.7 Å². The van der Waals surface area contributed by atoms with Crippen LogP contribution in [0.1, 0.15) is 75.6 Å². The Balaban J connectivity index is 1.49. The lowest BCUT2D eigenvalue weighted by Gasteiger charge is -2.21. The van der Waals surface area contributed by atoms with Crippen molar-refractivity contribution in [3.05, 3.63) is 77.4 Å². The van der Waals surface area contributed by atoms with Crippen molar-refractivity contribution in [2.45, 2.75) is 65.3 Å². The Morgan fingerprint density at radius 1 is 0.912 bits per heavy atom. The number of hydrogen-bond donors (Lipinski definition) is 0. The third-order valence-electron chi connectivity index (χ3n) is 6.56. The second kappa shape index (κ2) is 11.4. The maximum Gasteiger partial charge on any atom is 0.225 e. The molecule has 178 valence electrons.